The van der Waals surface area contributed by atoms with Crippen molar-refractivity contribution >= 4 is 11.3 Å². The van der Waals surface area contributed by atoms with Crippen LogP contribution in [0.3, 0.4) is 0 Å². The summed E-state index contributed by atoms with van der Waals surface area (Å²) in [7, 11) is 0. The molecule has 14 heavy (non-hydrogen) atoms. The van der Waals surface area contributed by atoms with E-state index in [1.165, 1.54) is 11.3 Å². The number of hydrogen-bond donors (Lipinski definition) is 1. The van der Waals surface area contributed by atoms with Gasteiger partial charge < -0.3 is 9.52 Å². The zero-order valence-electron chi connectivity index (χ0n) is 8.02. The average molecular weight is 209 g/mol. The number of furan rings is 1. The molecule has 1 unspecified atom stereocenters. The molecule has 0 saturated carbocycles. The van der Waals surface area contributed by atoms with Crippen LogP contribution in [0, 0.1) is 6.92 Å². The zero-order chi connectivity index (χ0) is 10.1. The predicted octanol–water partition coefficient (Wildman–Crippen LogP) is 2.76. The maximum Gasteiger partial charge on any atom is 0.162 e. The minimum Gasteiger partial charge on any atom is -0.462 e. The standard InChI is InChI=1S/C10H11NO2S/c1-6-9(7(2)12)14-10(11-6)8-4-3-5-13-8/h3-5,7,12H,1-2H3. The highest BCUT2D eigenvalue weighted by Gasteiger charge is 2.14. The predicted molar refractivity (Wildman–Crippen MR) is 55.2 cm³/mol. The van der Waals surface area contributed by atoms with Gasteiger partial charge in [0, 0.05) is 0 Å². The van der Waals surface area contributed by atoms with Crippen LogP contribution in [-0.2, 0) is 0 Å². The van der Waals surface area contributed by atoms with E-state index in [9.17, 15) is 5.11 Å². The topological polar surface area (TPSA) is 46.3 Å². The molecule has 2 aromatic rings. The van der Waals surface area contributed by atoms with E-state index in [4.69, 9.17) is 4.42 Å². The first kappa shape index (κ1) is 9.43. The first-order valence-corrected chi connectivity index (χ1v) is 5.19. The maximum atomic E-state index is 9.46. The molecule has 2 aromatic heterocycles. The number of nitrogens with zero attached hydrogens (tertiary/aromatic N) is 1. The summed E-state index contributed by atoms with van der Waals surface area (Å²) in [6.45, 7) is 3.64. The summed E-state index contributed by atoms with van der Waals surface area (Å²) in [6.07, 6.45) is 1.16. The van der Waals surface area contributed by atoms with Gasteiger partial charge in [0.1, 0.15) is 0 Å². The number of rotatable bonds is 2. The van der Waals surface area contributed by atoms with Gasteiger partial charge in [0.2, 0.25) is 0 Å². The summed E-state index contributed by atoms with van der Waals surface area (Å²) in [6, 6.07) is 3.69. The molecule has 2 heterocycles. The molecule has 0 aliphatic heterocycles. The van der Waals surface area contributed by atoms with E-state index in [1.807, 2.05) is 19.1 Å². The van der Waals surface area contributed by atoms with Crippen LogP contribution >= 0.6 is 11.3 Å². The molecule has 0 aromatic carbocycles. The summed E-state index contributed by atoms with van der Waals surface area (Å²) in [5.74, 6) is 0.755. The lowest BCUT2D eigenvalue weighted by molar-refractivity contribution is 0.202. The first-order valence-electron chi connectivity index (χ1n) is 4.37. The largest absolute Gasteiger partial charge is 0.462 e. The molecule has 4 heteroatoms. The number of aromatic nitrogens is 1. The van der Waals surface area contributed by atoms with Gasteiger partial charge in [-0.15, -0.1) is 11.3 Å². The summed E-state index contributed by atoms with van der Waals surface area (Å²) in [4.78, 5) is 5.24. The third kappa shape index (κ3) is 1.58. The number of aliphatic hydroxyl groups excluding tert-OH is 1. The normalized spacial score (nSPS) is 13.1. The van der Waals surface area contributed by atoms with E-state index in [0.29, 0.717) is 0 Å². The maximum absolute atomic E-state index is 9.46. The second-order valence-corrected chi connectivity index (χ2v) is 4.15. The SMILES string of the molecule is Cc1nc(-c2ccco2)sc1C(C)O. The van der Waals surface area contributed by atoms with Crippen LogP contribution in [0.4, 0.5) is 0 Å². The van der Waals surface area contributed by atoms with Gasteiger partial charge in [0.05, 0.1) is 22.9 Å². The Bertz CT molecular complexity index is 417. The quantitative estimate of drug-likeness (QED) is 0.827. The monoisotopic (exact) mass is 209 g/mol. The smallest absolute Gasteiger partial charge is 0.162 e. The fourth-order valence-corrected chi connectivity index (χ4v) is 2.27. The summed E-state index contributed by atoms with van der Waals surface area (Å²) in [5, 5.41) is 10.3. The van der Waals surface area contributed by atoms with Gasteiger partial charge in [-0.1, -0.05) is 0 Å². The summed E-state index contributed by atoms with van der Waals surface area (Å²) < 4.78 is 5.23. The number of aryl methyl sites for hydroxylation is 1. The van der Waals surface area contributed by atoms with Crippen LogP contribution in [0.2, 0.25) is 0 Å². The average Bonchev–Trinajstić information content (AvgIpc) is 2.70. The van der Waals surface area contributed by atoms with E-state index in [2.05, 4.69) is 4.98 Å². The minimum absolute atomic E-state index is 0.462. The molecule has 0 fully saturated rings. The van der Waals surface area contributed by atoms with Crippen LogP contribution in [0.25, 0.3) is 10.8 Å². The van der Waals surface area contributed by atoms with Crippen molar-refractivity contribution in [3.8, 4) is 10.8 Å². The highest BCUT2D eigenvalue weighted by molar-refractivity contribution is 7.15. The van der Waals surface area contributed by atoms with Gasteiger partial charge in [0.15, 0.2) is 10.8 Å². The van der Waals surface area contributed by atoms with Crippen LogP contribution in [0.5, 0.6) is 0 Å². The molecule has 2 rings (SSSR count). The van der Waals surface area contributed by atoms with Gasteiger partial charge in [-0.05, 0) is 26.0 Å². The molecule has 0 bridgehead atoms. The number of aliphatic hydroxyl groups is 1. The molecular weight excluding hydrogens is 198 g/mol. The van der Waals surface area contributed by atoms with Gasteiger partial charge >= 0.3 is 0 Å². The molecular formula is C10H11NO2S. The highest BCUT2D eigenvalue weighted by atomic mass is 32.1. The van der Waals surface area contributed by atoms with E-state index in [1.54, 1.807) is 13.2 Å². The Balaban J connectivity index is 2.43. The van der Waals surface area contributed by atoms with Crippen LogP contribution in [-0.4, -0.2) is 10.1 Å². The lowest BCUT2D eigenvalue weighted by Gasteiger charge is -1.98. The van der Waals surface area contributed by atoms with E-state index in [-0.39, 0.29) is 0 Å². The molecule has 0 saturated heterocycles. The van der Waals surface area contributed by atoms with E-state index < -0.39 is 6.10 Å². The van der Waals surface area contributed by atoms with Crippen LogP contribution in [0.1, 0.15) is 23.6 Å². The molecule has 0 amide bonds. The van der Waals surface area contributed by atoms with E-state index >= 15 is 0 Å². The molecule has 1 N–H and O–H groups in total. The molecule has 0 aliphatic carbocycles. The summed E-state index contributed by atoms with van der Waals surface area (Å²) >= 11 is 1.47. The van der Waals surface area contributed by atoms with Gasteiger partial charge in [-0.25, -0.2) is 4.98 Å². The molecule has 1 atom stereocenters. The van der Waals surface area contributed by atoms with Crippen molar-refractivity contribution in [2.75, 3.05) is 0 Å². The Kier molecular flexibility index (Phi) is 2.39. The Morgan fingerprint density at radius 3 is 2.86 bits per heavy atom. The van der Waals surface area contributed by atoms with Crippen LogP contribution in [0.15, 0.2) is 22.8 Å². The summed E-state index contributed by atoms with van der Waals surface area (Å²) in [5.41, 5.74) is 0.872. The lowest BCUT2D eigenvalue weighted by atomic mass is 10.3. The fourth-order valence-electron chi connectivity index (χ4n) is 1.30. The van der Waals surface area contributed by atoms with Gasteiger partial charge in [-0.2, -0.15) is 0 Å². The van der Waals surface area contributed by atoms with E-state index in [0.717, 1.165) is 21.3 Å². The second-order valence-electron chi connectivity index (χ2n) is 3.12. The number of hydrogen-bond acceptors (Lipinski definition) is 4. The second kappa shape index (κ2) is 3.55. The Morgan fingerprint density at radius 2 is 2.36 bits per heavy atom. The lowest BCUT2D eigenvalue weighted by Crippen LogP contribution is -1.88. The third-order valence-corrected chi connectivity index (χ3v) is 3.29. The fraction of sp³-hybridized carbons (Fsp3) is 0.300. The molecule has 74 valence electrons. The Hall–Kier alpha value is -1.13. The van der Waals surface area contributed by atoms with Crippen molar-refractivity contribution in [1.82, 2.24) is 4.98 Å². The van der Waals surface area contributed by atoms with Gasteiger partial charge in [0.25, 0.3) is 0 Å². The third-order valence-electron chi connectivity index (χ3n) is 1.94. The van der Waals surface area contributed by atoms with Crippen molar-refractivity contribution in [2.24, 2.45) is 0 Å². The van der Waals surface area contributed by atoms with Gasteiger partial charge in [-0.3, -0.25) is 0 Å². The first-order chi connectivity index (χ1) is 6.68. The Morgan fingerprint density at radius 1 is 1.57 bits per heavy atom. The Labute approximate surface area is 86.0 Å². The van der Waals surface area contributed by atoms with Crippen molar-refractivity contribution in [1.29, 1.82) is 0 Å². The minimum atomic E-state index is -0.462. The molecule has 3 nitrogen and oxygen atoms in total. The zero-order valence-corrected chi connectivity index (χ0v) is 8.84. The molecule has 0 aliphatic rings. The molecule has 0 spiro atoms. The van der Waals surface area contributed by atoms with Crippen molar-refractivity contribution in [3.63, 3.8) is 0 Å². The highest BCUT2D eigenvalue weighted by Crippen LogP contribution is 2.31. The number of thiazole rings is 1. The molecule has 0 radical (unpaired) electrons. The van der Waals surface area contributed by atoms with Crippen molar-refractivity contribution < 1.29 is 9.52 Å². The van der Waals surface area contributed by atoms with Crippen LogP contribution < -0.4 is 0 Å². The van der Waals surface area contributed by atoms with Crippen molar-refractivity contribution in [3.05, 3.63) is 29.0 Å². The van der Waals surface area contributed by atoms with Crippen molar-refractivity contribution in [2.45, 2.75) is 20.0 Å².